The Morgan fingerprint density at radius 3 is 2.82 bits per heavy atom. The number of hydrogen-bond acceptors (Lipinski definition) is 1. The molecule has 2 aliphatic rings. The van der Waals surface area contributed by atoms with Crippen LogP contribution in [0.25, 0.3) is 0 Å². The van der Waals surface area contributed by atoms with E-state index in [0.29, 0.717) is 5.41 Å². The summed E-state index contributed by atoms with van der Waals surface area (Å²) in [6.07, 6.45) is 4.59. The molecule has 1 unspecified atom stereocenters. The van der Waals surface area contributed by atoms with Crippen molar-refractivity contribution >= 4 is 19.7 Å². The molecule has 0 bridgehead atoms. The van der Waals surface area contributed by atoms with Crippen LogP contribution in [0, 0.1) is 12.3 Å². The first kappa shape index (κ1) is 10.9. The van der Waals surface area contributed by atoms with Gasteiger partial charge >= 0.3 is 0 Å². The van der Waals surface area contributed by atoms with Crippen molar-refractivity contribution in [3.05, 3.63) is 29.3 Å². The highest BCUT2D eigenvalue weighted by molar-refractivity contribution is 6.32. The van der Waals surface area contributed by atoms with Crippen molar-refractivity contribution in [1.29, 1.82) is 0 Å². The van der Waals surface area contributed by atoms with Gasteiger partial charge in [0.25, 0.3) is 0 Å². The van der Waals surface area contributed by atoms with Gasteiger partial charge in [0.1, 0.15) is 7.85 Å². The average molecular weight is 225 g/mol. The van der Waals surface area contributed by atoms with Gasteiger partial charge in [0.05, 0.1) is 0 Å². The van der Waals surface area contributed by atoms with E-state index < -0.39 is 0 Å². The number of amides is 1. The third kappa shape index (κ3) is 1.45. The lowest BCUT2D eigenvalue weighted by atomic mass is 9.83. The summed E-state index contributed by atoms with van der Waals surface area (Å²) in [6.45, 7) is 2.88. The predicted molar refractivity (Wildman–Crippen MR) is 68.6 cm³/mol. The molecular formula is C14H16BNO. The molecule has 0 saturated heterocycles. The van der Waals surface area contributed by atoms with Crippen LogP contribution < -0.4 is 10.8 Å². The van der Waals surface area contributed by atoms with Crippen molar-refractivity contribution in [2.75, 3.05) is 6.54 Å². The molecule has 1 aromatic carbocycles. The number of carbonyl (C=O) groups excluding carboxylic acids is 1. The second-order valence-electron chi connectivity index (χ2n) is 5.61. The van der Waals surface area contributed by atoms with Gasteiger partial charge < -0.3 is 5.32 Å². The van der Waals surface area contributed by atoms with E-state index in [1.807, 2.05) is 6.07 Å². The summed E-state index contributed by atoms with van der Waals surface area (Å²) >= 11 is 0. The SMILES string of the molecule is [B]c1ccc(C)c(C2(CNC=O)CC23CC3)c1. The van der Waals surface area contributed by atoms with Crippen LogP contribution in [0.1, 0.15) is 30.4 Å². The van der Waals surface area contributed by atoms with Crippen LogP contribution in [0.4, 0.5) is 0 Å². The largest absolute Gasteiger partial charge is 0.358 e. The maximum absolute atomic E-state index is 10.6. The van der Waals surface area contributed by atoms with Crippen molar-refractivity contribution in [1.82, 2.24) is 5.32 Å². The Morgan fingerprint density at radius 2 is 2.24 bits per heavy atom. The van der Waals surface area contributed by atoms with Crippen molar-refractivity contribution in [3.8, 4) is 0 Å². The molecule has 3 rings (SSSR count). The molecule has 1 amide bonds. The molecule has 17 heavy (non-hydrogen) atoms. The lowest BCUT2D eigenvalue weighted by molar-refractivity contribution is -0.109. The Hall–Kier alpha value is -1.25. The Kier molecular flexibility index (Phi) is 2.16. The van der Waals surface area contributed by atoms with Gasteiger partial charge in [-0.05, 0) is 42.7 Å². The first-order chi connectivity index (χ1) is 8.13. The first-order valence-electron chi connectivity index (χ1n) is 6.17. The van der Waals surface area contributed by atoms with Gasteiger partial charge in [-0.15, -0.1) is 0 Å². The van der Waals surface area contributed by atoms with Gasteiger partial charge in [-0.3, -0.25) is 4.79 Å². The third-order valence-corrected chi connectivity index (χ3v) is 4.65. The molecule has 2 nitrogen and oxygen atoms in total. The van der Waals surface area contributed by atoms with Crippen molar-refractivity contribution < 1.29 is 4.79 Å². The van der Waals surface area contributed by atoms with Crippen molar-refractivity contribution in [2.24, 2.45) is 5.41 Å². The highest BCUT2D eigenvalue weighted by Gasteiger charge is 2.74. The average Bonchev–Trinajstić information content (AvgIpc) is 3.21. The molecule has 86 valence electrons. The van der Waals surface area contributed by atoms with Gasteiger partial charge in [0.15, 0.2) is 0 Å². The zero-order valence-corrected chi connectivity index (χ0v) is 10.1. The van der Waals surface area contributed by atoms with Crippen LogP contribution in [-0.4, -0.2) is 20.8 Å². The van der Waals surface area contributed by atoms with Crippen LogP contribution in [0.5, 0.6) is 0 Å². The number of carbonyl (C=O) groups is 1. The van der Waals surface area contributed by atoms with Gasteiger partial charge in [-0.2, -0.15) is 0 Å². The molecule has 2 saturated carbocycles. The fourth-order valence-corrected chi connectivity index (χ4v) is 3.44. The van der Waals surface area contributed by atoms with E-state index >= 15 is 0 Å². The minimum Gasteiger partial charge on any atom is -0.358 e. The van der Waals surface area contributed by atoms with Crippen molar-refractivity contribution in [2.45, 2.75) is 31.6 Å². The quantitative estimate of drug-likeness (QED) is 0.600. The standard InChI is InChI=1S/C14H16BNO/c1-10-2-3-11(15)6-12(10)14(8-16-9-17)7-13(14)4-5-13/h2-3,6,9H,4-5,7-8H2,1H3,(H,16,17). The molecule has 1 N–H and O–H groups in total. The first-order valence-corrected chi connectivity index (χ1v) is 6.17. The summed E-state index contributed by atoms with van der Waals surface area (Å²) in [5.41, 5.74) is 4.08. The number of hydrogen-bond donors (Lipinski definition) is 1. The molecule has 2 radical (unpaired) electrons. The molecule has 3 heteroatoms. The molecular weight excluding hydrogens is 209 g/mol. The molecule has 1 spiro atoms. The van der Waals surface area contributed by atoms with E-state index in [2.05, 4.69) is 24.4 Å². The maximum Gasteiger partial charge on any atom is 0.207 e. The number of nitrogens with one attached hydrogen (secondary N) is 1. The van der Waals surface area contributed by atoms with E-state index in [1.165, 1.54) is 30.4 Å². The number of aryl methyl sites for hydroxylation is 1. The molecule has 0 aliphatic heterocycles. The molecule has 0 aromatic heterocycles. The zero-order chi connectivity index (χ0) is 12.1. The highest BCUT2D eigenvalue weighted by atomic mass is 16.1. The second kappa shape index (κ2) is 3.38. The number of rotatable bonds is 4. The summed E-state index contributed by atoms with van der Waals surface area (Å²) in [6, 6.07) is 6.12. The Balaban J connectivity index is 1.99. The monoisotopic (exact) mass is 225 g/mol. The smallest absolute Gasteiger partial charge is 0.207 e. The minimum atomic E-state index is 0.160. The molecule has 0 heterocycles. The van der Waals surface area contributed by atoms with Crippen molar-refractivity contribution in [3.63, 3.8) is 0 Å². The summed E-state index contributed by atoms with van der Waals surface area (Å²) in [5, 5.41) is 2.87. The molecule has 1 aromatic rings. The normalized spacial score (nSPS) is 27.8. The van der Waals surface area contributed by atoms with Crippen LogP contribution >= 0.6 is 0 Å². The van der Waals surface area contributed by atoms with E-state index in [9.17, 15) is 4.79 Å². The third-order valence-electron chi connectivity index (χ3n) is 4.65. The Labute approximate surface area is 103 Å². The van der Waals surface area contributed by atoms with Gasteiger partial charge in [0, 0.05) is 12.0 Å². The van der Waals surface area contributed by atoms with E-state index in [1.54, 1.807) is 0 Å². The predicted octanol–water partition coefficient (Wildman–Crippen LogP) is 0.957. The Morgan fingerprint density at radius 1 is 1.47 bits per heavy atom. The zero-order valence-electron chi connectivity index (χ0n) is 10.1. The van der Waals surface area contributed by atoms with Gasteiger partial charge in [-0.25, -0.2) is 0 Å². The summed E-state index contributed by atoms with van der Waals surface area (Å²) in [5.74, 6) is 0. The van der Waals surface area contributed by atoms with Gasteiger partial charge in [0.2, 0.25) is 6.41 Å². The Bertz CT molecular complexity index is 481. The fraction of sp³-hybridized carbons (Fsp3) is 0.500. The second-order valence-corrected chi connectivity index (χ2v) is 5.61. The lowest BCUT2D eigenvalue weighted by Gasteiger charge is -2.20. The van der Waals surface area contributed by atoms with Gasteiger partial charge in [-0.1, -0.05) is 23.7 Å². The maximum atomic E-state index is 10.6. The van der Waals surface area contributed by atoms with E-state index in [-0.39, 0.29) is 5.41 Å². The topological polar surface area (TPSA) is 29.1 Å². The minimum absolute atomic E-state index is 0.160. The summed E-state index contributed by atoms with van der Waals surface area (Å²) in [7, 11) is 5.90. The fourth-order valence-electron chi connectivity index (χ4n) is 3.44. The van der Waals surface area contributed by atoms with E-state index in [4.69, 9.17) is 7.85 Å². The molecule has 1 atom stereocenters. The van der Waals surface area contributed by atoms with Crippen LogP contribution in [0.2, 0.25) is 0 Å². The van der Waals surface area contributed by atoms with E-state index in [0.717, 1.165) is 18.4 Å². The van der Waals surface area contributed by atoms with Crippen LogP contribution in [-0.2, 0) is 10.2 Å². The molecule has 2 aliphatic carbocycles. The van der Waals surface area contributed by atoms with Crippen LogP contribution in [0.15, 0.2) is 18.2 Å². The highest BCUT2D eigenvalue weighted by Crippen LogP contribution is 2.78. The summed E-state index contributed by atoms with van der Waals surface area (Å²) < 4.78 is 0. The molecule has 2 fully saturated rings. The number of benzene rings is 1. The van der Waals surface area contributed by atoms with Crippen LogP contribution in [0.3, 0.4) is 0 Å². The summed E-state index contributed by atoms with van der Waals surface area (Å²) in [4.78, 5) is 10.6. The lowest BCUT2D eigenvalue weighted by Crippen LogP contribution is -2.29.